The summed E-state index contributed by atoms with van der Waals surface area (Å²) in [6, 6.07) is 11.4. The molecule has 0 radical (unpaired) electrons. The lowest BCUT2D eigenvalue weighted by molar-refractivity contribution is -0.121. The first-order valence-electron chi connectivity index (χ1n) is 8.33. The van der Waals surface area contributed by atoms with E-state index in [0.29, 0.717) is 11.1 Å². The summed E-state index contributed by atoms with van der Waals surface area (Å²) in [5.74, 6) is -2.32. The fourth-order valence-electron chi connectivity index (χ4n) is 2.62. The summed E-state index contributed by atoms with van der Waals surface area (Å²) >= 11 is 0. The van der Waals surface area contributed by atoms with Crippen LogP contribution >= 0.6 is 0 Å². The van der Waals surface area contributed by atoms with Gasteiger partial charge in [-0.05, 0) is 37.3 Å². The predicted molar refractivity (Wildman–Crippen MR) is 99.6 cm³/mol. The lowest BCUT2D eigenvalue weighted by Crippen LogP contribution is -2.42. The van der Waals surface area contributed by atoms with Crippen molar-refractivity contribution >= 4 is 32.6 Å². The van der Waals surface area contributed by atoms with Crippen molar-refractivity contribution in [1.82, 2.24) is 10.9 Å². The zero-order valence-corrected chi connectivity index (χ0v) is 15.7. The van der Waals surface area contributed by atoms with E-state index < -0.39 is 33.2 Å². The van der Waals surface area contributed by atoms with E-state index in [1.807, 2.05) is 12.1 Å². The van der Waals surface area contributed by atoms with Gasteiger partial charge in [-0.15, -0.1) is 0 Å². The molecule has 0 aliphatic rings. The number of aryl methyl sites for hydroxylation is 1. The van der Waals surface area contributed by atoms with Gasteiger partial charge in [-0.25, -0.2) is 12.8 Å². The molecule has 2 amide bonds. The fourth-order valence-corrected chi connectivity index (χ4v) is 3.86. The fraction of sp³-hybridized carbons (Fsp3) is 0.158. The van der Waals surface area contributed by atoms with Crippen molar-refractivity contribution in [3.05, 3.63) is 65.7 Å². The van der Waals surface area contributed by atoms with E-state index in [1.54, 1.807) is 19.1 Å². The van der Waals surface area contributed by atoms with Gasteiger partial charge in [0.15, 0.2) is 15.6 Å². The molecule has 0 aliphatic heterocycles. The third kappa shape index (κ3) is 4.20. The Morgan fingerprint density at radius 3 is 2.39 bits per heavy atom. The minimum Gasteiger partial charge on any atom is -0.451 e. The number of hydrogen-bond acceptors (Lipinski definition) is 5. The van der Waals surface area contributed by atoms with Crippen LogP contribution in [0.2, 0.25) is 0 Å². The number of nitrogens with one attached hydrogen (secondary N) is 2. The van der Waals surface area contributed by atoms with Crippen LogP contribution in [0, 0.1) is 12.7 Å². The molecule has 0 saturated heterocycles. The van der Waals surface area contributed by atoms with E-state index in [1.165, 1.54) is 0 Å². The van der Waals surface area contributed by atoms with Gasteiger partial charge in [0.1, 0.15) is 11.4 Å². The van der Waals surface area contributed by atoms with Crippen LogP contribution in [0.25, 0.3) is 11.0 Å². The second-order valence-corrected chi connectivity index (χ2v) is 8.19. The molecule has 7 nitrogen and oxygen atoms in total. The Hall–Kier alpha value is -3.20. The second kappa shape index (κ2) is 7.81. The third-order valence-corrected chi connectivity index (χ3v) is 5.87. The maximum atomic E-state index is 12.9. The van der Waals surface area contributed by atoms with Gasteiger partial charge in [0.25, 0.3) is 0 Å². The van der Waals surface area contributed by atoms with Gasteiger partial charge in [-0.1, -0.05) is 18.2 Å². The molecule has 0 fully saturated rings. The number of rotatable bonds is 5. The smallest absolute Gasteiger partial charge is 0.305 e. The highest BCUT2D eigenvalue weighted by atomic mass is 32.2. The number of para-hydroxylation sites is 1. The molecule has 0 aliphatic carbocycles. The summed E-state index contributed by atoms with van der Waals surface area (Å²) in [4.78, 5) is 24.0. The number of carbonyl (C=O) groups is 2. The van der Waals surface area contributed by atoms with Crippen molar-refractivity contribution < 1.29 is 26.8 Å². The van der Waals surface area contributed by atoms with Crippen LogP contribution in [0.15, 0.2) is 57.8 Å². The van der Waals surface area contributed by atoms with Crippen molar-refractivity contribution in [2.24, 2.45) is 0 Å². The van der Waals surface area contributed by atoms with Crippen molar-refractivity contribution in [2.45, 2.75) is 18.2 Å². The summed E-state index contributed by atoms with van der Waals surface area (Å²) in [6.45, 7) is 1.72. The molecule has 2 aromatic carbocycles. The van der Waals surface area contributed by atoms with Crippen molar-refractivity contribution in [3.63, 3.8) is 0 Å². The van der Waals surface area contributed by atoms with Crippen LogP contribution in [0.5, 0.6) is 0 Å². The van der Waals surface area contributed by atoms with Crippen LogP contribution in [-0.2, 0) is 14.6 Å². The van der Waals surface area contributed by atoms with Crippen LogP contribution in [0.3, 0.4) is 0 Å². The first-order chi connectivity index (χ1) is 13.3. The second-order valence-electron chi connectivity index (χ2n) is 6.08. The van der Waals surface area contributed by atoms with Gasteiger partial charge in [0.05, 0.1) is 10.6 Å². The molecule has 0 atom stereocenters. The van der Waals surface area contributed by atoms with Crippen LogP contribution in [0.4, 0.5) is 4.39 Å². The minimum atomic E-state index is -3.75. The molecule has 0 bridgehead atoms. The largest absolute Gasteiger partial charge is 0.451 e. The molecule has 2 N–H and O–H groups in total. The van der Waals surface area contributed by atoms with E-state index in [-0.39, 0.29) is 17.1 Å². The maximum Gasteiger partial charge on any atom is 0.305 e. The quantitative estimate of drug-likeness (QED) is 0.502. The summed E-state index contributed by atoms with van der Waals surface area (Å²) in [6.07, 6.45) is -0.376. The first-order valence-corrected chi connectivity index (χ1v) is 9.99. The number of halogens is 1. The van der Waals surface area contributed by atoms with E-state index in [2.05, 4.69) is 10.9 Å². The molecule has 0 spiro atoms. The Morgan fingerprint density at radius 2 is 1.71 bits per heavy atom. The molecule has 1 aromatic heterocycles. The highest BCUT2D eigenvalue weighted by Gasteiger charge is 2.19. The molecular formula is C19H17FN2O5S. The average molecular weight is 404 g/mol. The molecule has 0 saturated carbocycles. The van der Waals surface area contributed by atoms with E-state index in [9.17, 15) is 22.4 Å². The third-order valence-electron chi connectivity index (χ3n) is 4.14. The highest BCUT2D eigenvalue weighted by molar-refractivity contribution is 7.91. The number of carbonyl (C=O) groups excluding carboxylic acids is 2. The molecule has 9 heteroatoms. The Kier molecular flexibility index (Phi) is 5.46. The summed E-state index contributed by atoms with van der Waals surface area (Å²) in [5, 5.41) is 0.782. The minimum absolute atomic E-state index is 0.0560. The number of fused-ring (bicyclic) bond motifs is 1. The van der Waals surface area contributed by atoms with E-state index >= 15 is 0 Å². The Balaban J connectivity index is 1.57. The molecule has 146 valence electrons. The number of hydrogen-bond donors (Lipinski definition) is 2. The number of sulfone groups is 1. The van der Waals surface area contributed by atoms with Gasteiger partial charge in [-0.2, -0.15) is 0 Å². The van der Waals surface area contributed by atoms with Crippen molar-refractivity contribution in [3.8, 4) is 0 Å². The van der Waals surface area contributed by atoms with Gasteiger partial charge in [0.2, 0.25) is 5.91 Å². The zero-order valence-electron chi connectivity index (χ0n) is 14.9. The predicted octanol–water partition coefficient (Wildman–Crippen LogP) is 2.51. The van der Waals surface area contributed by atoms with Gasteiger partial charge < -0.3 is 4.42 Å². The number of furan rings is 1. The number of amides is 2. The maximum absolute atomic E-state index is 12.9. The summed E-state index contributed by atoms with van der Waals surface area (Å²) in [7, 11) is -3.75. The van der Waals surface area contributed by atoms with Gasteiger partial charge in [0, 0.05) is 17.4 Å². The van der Waals surface area contributed by atoms with Crippen LogP contribution in [-0.4, -0.2) is 26.0 Å². The van der Waals surface area contributed by atoms with E-state index in [4.69, 9.17) is 4.42 Å². The standard InChI is InChI=1S/C19H17FN2O5S/c1-12-15-4-2-3-5-16(15)27-18(12)19(24)22-21-17(23)10-11-28(25,26)14-8-6-13(20)7-9-14/h2-9H,10-11H2,1H3,(H,21,23)(H,22,24). The summed E-state index contributed by atoms with van der Waals surface area (Å²) in [5.41, 5.74) is 5.54. The normalized spacial score (nSPS) is 11.4. The lowest BCUT2D eigenvalue weighted by atomic mass is 10.1. The Morgan fingerprint density at radius 1 is 1.04 bits per heavy atom. The topological polar surface area (TPSA) is 105 Å². The van der Waals surface area contributed by atoms with E-state index in [0.717, 1.165) is 29.7 Å². The van der Waals surface area contributed by atoms with Crippen LogP contribution < -0.4 is 10.9 Å². The SMILES string of the molecule is Cc1c(C(=O)NNC(=O)CCS(=O)(=O)c2ccc(F)cc2)oc2ccccc12. The Bertz CT molecular complexity index is 1140. The molecule has 28 heavy (non-hydrogen) atoms. The van der Waals surface area contributed by atoms with Gasteiger partial charge in [-0.3, -0.25) is 20.4 Å². The number of hydrazine groups is 1. The first kappa shape index (κ1) is 19.6. The molecule has 0 unspecified atom stereocenters. The molecular weight excluding hydrogens is 387 g/mol. The number of benzene rings is 2. The summed E-state index contributed by atoms with van der Waals surface area (Å²) < 4.78 is 42.7. The van der Waals surface area contributed by atoms with Crippen LogP contribution in [0.1, 0.15) is 22.5 Å². The zero-order chi connectivity index (χ0) is 20.3. The average Bonchev–Trinajstić information content (AvgIpc) is 3.02. The monoisotopic (exact) mass is 404 g/mol. The lowest BCUT2D eigenvalue weighted by Gasteiger charge is -2.07. The highest BCUT2D eigenvalue weighted by Crippen LogP contribution is 2.24. The molecule has 3 rings (SSSR count). The van der Waals surface area contributed by atoms with Crippen molar-refractivity contribution in [1.29, 1.82) is 0 Å². The molecule has 3 aromatic rings. The van der Waals surface area contributed by atoms with Crippen molar-refractivity contribution in [2.75, 3.05) is 5.75 Å². The van der Waals surface area contributed by atoms with Gasteiger partial charge >= 0.3 is 5.91 Å². The molecule has 1 heterocycles. The Labute approximate surface area is 160 Å².